The summed E-state index contributed by atoms with van der Waals surface area (Å²) >= 11 is 0. The number of rotatable bonds is 4. The number of carbonyl (C=O) groups excluding carboxylic acids is 2. The molecule has 6 heteroatoms. The molecule has 2 N–H and O–H groups in total. The number of fused-ring (bicyclic) bond motifs is 1. The molecule has 5 rings (SSSR count). The van der Waals surface area contributed by atoms with E-state index in [9.17, 15) is 9.59 Å². The second-order valence-electron chi connectivity index (χ2n) is 8.60. The molecule has 2 unspecified atom stereocenters. The van der Waals surface area contributed by atoms with Crippen LogP contribution >= 0.6 is 0 Å². The maximum absolute atomic E-state index is 13.6. The van der Waals surface area contributed by atoms with Gasteiger partial charge in [0.15, 0.2) is 5.78 Å². The smallest absolute Gasteiger partial charge is 0.308 e. The Labute approximate surface area is 198 Å². The van der Waals surface area contributed by atoms with E-state index < -0.39 is 0 Å². The van der Waals surface area contributed by atoms with Crippen molar-refractivity contribution >= 4 is 23.1 Å². The highest BCUT2D eigenvalue weighted by atomic mass is 16.5. The van der Waals surface area contributed by atoms with Gasteiger partial charge in [0.25, 0.3) is 0 Å². The summed E-state index contributed by atoms with van der Waals surface area (Å²) in [6, 6.07) is 22.9. The summed E-state index contributed by atoms with van der Waals surface area (Å²) in [5.74, 6) is 1.11. The van der Waals surface area contributed by atoms with Crippen LogP contribution in [0.3, 0.4) is 0 Å². The molecule has 0 aromatic heterocycles. The molecule has 2 atom stereocenters. The van der Waals surface area contributed by atoms with Crippen molar-refractivity contribution in [2.45, 2.75) is 31.7 Å². The third kappa shape index (κ3) is 4.27. The van der Waals surface area contributed by atoms with Crippen LogP contribution in [0.15, 0.2) is 84.1 Å². The number of methoxy groups -OCH3 is 1. The molecule has 0 radical (unpaired) electrons. The second kappa shape index (κ2) is 9.06. The first kappa shape index (κ1) is 21.8. The van der Waals surface area contributed by atoms with Crippen LogP contribution in [0.1, 0.15) is 42.9 Å². The fourth-order valence-corrected chi connectivity index (χ4v) is 4.75. The third-order valence-electron chi connectivity index (χ3n) is 6.37. The molecule has 0 saturated heterocycles. The van der Waals surface area contributed by atoms with Crippen molar-refractivity contribution in [2.24, 2.45) is 0 Å². The standard InChI is InChI=1S/C28H26N2O4/c1-17(31)34-22-13-9-19(10-14-22)28-27-25(29-23-5-3-4-6-24(23)30-28)15-20(16-26(27)32)18-7-11-21(33-2)12-8-18/h3-14,20,28-30H,15-16H2,1-2H3. The Morgan fingerprint density at radius 2 is 1.50 bits per heavy atom. The topological polar surface area (TPSA) is 76.7 Å². The number of benzene rings is 3. The van der Waals surface area contributed by atoms with Crippen molar-refractivity contribution in [3.63, 3.8) is 0 Å². The number of para-hydroxylation sites is 2. The van der Waals surface area contributed by atoms with Gasteiger partial charge in [0.2, 0.25) is 0 Å². The molecule has 0 bridgehead atoms. The van der Waals surface area contributed by atoms with Gasteiger partial charge in [-0.25, -0.2) is 0 Å². The number of ether oxygens (including phenoxy) is 2. The number of anilines is 2. The molecule has 172 valence electrons. The molecule has 1 aliphatic carbocycles. The van der Waals surface area contributed by atoms with Crippen molar-refractivity contribution in [1.82, 2.24) is 0 Å². The average Bonchev–Trinajstić information content (AvgIpc) is 3.01. The molecule has 0 spiro atoms. The number of hydrogen-bond acceptors (Lipinski definition) is 6. The Morgan fingerprint density at radius 3 is 2.18 bits per heavy atom. The molecule has 3 aromatic rings. The van der Waals surface area contributed by atoms with Crippen LogP contribution in [0.25, 0.3) is 0 Å². The summed E-state index contributed by atoms with van der Waals surface area (Å²) in [6.45, 7) is 1.38. The molecule has 0 fully saturated rings. The summed E-state index contributed by atoms with van der Waals surface area (Å²) < 4.78 is 10.5. The maximum Gasteiger partial charge on any atom is 0.308 e. The Balaban J connectivity index is 1.53. The predicted molar refractivity (Wildman–Crippen MR) is 131 cm³/mol. The summed E-state index contributed by atoms with van der Waals surface area (Å²) in [7, 11) is 1.65. The second-order valence-corrected chi connectivity index (χ2v) is 8.60. The molecule has 1 heterocycles. The van der Waals surface area contributed by atoms with Gasteiger partial charge in [-0.15, -0.1) is 0 Å². The van der Waals surface area contributed by atoms with E-state index >= 15 is 0 Å². The van der Waals surface area contributed by atoms with E-state index in [1.54, 1.807) is 19.2 Å². The highest BCUT2D eigenvalue weighted by Crippen LogP contribution is 2.44. The van der Waals surface area contributed by atoms with Gasteiger partial charge in [-0.2, -0.15) is 0 Å². The number of esters is 1. The Bertz CT molecular complexity index is 1260. The van der Waals surface area contributed by atoms with Gasteiger partial charge in [0.1, 0.15) is 11.5 Å². The van der Waals surface area contributed by atoms with Gasteiger partial charge < -0.3 is 20.1 Å². The lowest BCUT2D eigenvalue weighted by Crippen LogP contribution is -2.26. The zero-order valence-electron chi connectivity index (χ0n) is 19.1. The van der Waals surface area contributed by atoms with E-state index in [2.05, 4.69) is 10.6 Å². The highest BCUT2D eigenvalue weighted by Gasteiger charge is 2.36. The number of ketones is 1. The number of allylic oxidation sites excluding steroid dienone is 1. The van der Waals surface area contributed by atoms with Crippen molar-refractivity contribution < 1.29 is 19.1 Å². The fourth-order valence-electron chi connectivity index (χ4n) is 4.75. The molecular weight excluding hydrogens is 428 g/mol. The minimum absolute atomic E-state index is 0.0851. The summed E-state index contributed by atoms with van der Waals surface area (Å²) in [5, 5.41) is 7.12. The largest absolute Gasteiger partial charge is 0.497 e. The number of carbonyl (C=O) groups is 2. The molecule has 3 aromatic carbocycles. The number of nitrogens with one attached hydrogen (secondary N) is 2. The molecule has 2 aliphatic rings. The van der Waals surface area contributed by atoms with E-state index in [-0.39, 0.29) is 23.7 Å². The molecule has 34 heavy (non-hydrogen) atoms. The molecular formula is C28H26N2O4. The zero-order valence-corrected chi connectivity index (χ0v) is 19.1. The van der Waals surface area contributed by atoms with Crippen LogP contribution in [0, 0.1) is 0 Å². The SMILES string of the molecule is COc1ccc(C2CC(=O)C3=C(C2)Nc2ccccc2NC3c2ccc(OC(C)=O)cc2)cc1. The minimum Gasteiger partial charge on any atom is -0.497 e. The Morgan fingerprint density at radius 1 is 0.853 bits per heavy atom. The molecule has 6 nitrogen and oxygen atoms in total. The minimum atomic E-state index is -0.365. The first-order valence-electron chi connectivity index (χ1n) is 11.3. The van der Waals surface area contributed by atoms with E-state index in [1.165, 1.54) is 6.92 Å². The lowest BCUT2D eigenvalue weighted by Gasteiger charge is -2.30. The van der Waals surface area contributed by atoms with Crippen LogP contribution in [0.4, 0.5) is 11.4 Å². The van der Waals surface area contributed by atoms with Crippen LogP contribution in [0.5, 0.6) is 11.5 Å². The predicted octanol–water partition coefficient (Wildman–Crippen LogP) is 5.60. The normalized spacial score (nSPS) is 19.2. The van der Waals surface area contributed by atoms with Gasteiger partial charge in [-0.05, 0) is 59.9 Å². The van der Waals surface area contributed by atoms with Gasteiger partial charge in [-0.3, -0.25) is 9.59 Å². The van der Waals surface area contributed by atoms with E-state index in [0.29, 0.717) is 12.2 Å². The number of Topliss-reactive ketones (excluding diaryl/α,β-unsaturated/α-hetero) is 1. The van der Waals surface area contributed by atoms with Crippen molar-refractivity contribution in [1.29, 1.82) is 0 Å². The Kier molecular flexibility index (Phi) is 5.80. The van der Waals surface area contributed by atoms with Crippen LogP contribution in [-0.2, 0) is 9.59 Å². The monoisotopic (exact) mass is 454 g/mol. The average molecular weight is 455 g/mol. The van der Waals surface area contributed by atoms with Gasteiger partial charge in [0, 0.05) is 24.6 Å². The first-order valence-corrected chi connectivity index (χ1v) is 11.3. The quantitative estimate of drug-likeness (QED) is 0.395. The molecule has 0 saturated carbocycles. The van der Waals surface area contributed by atoms with Crippen LogP contribution in [-0.4, -0.2) is 18.9 Å². The van der Waals surface area contributed by atoms with E-state index in [0.717, 1.165) is 45.9 Å². The van der Waals surface area contributed by atoms with E-state index in [4.69, 9.17) is 9.47 Å². The summed E-state index contributed by atoms with van der Waals surface area (Å²) in [6.07, 6.45) is 1.17. The third-order valence-corrected chi connectivity index (χ3v) is 6.37. The first-order chi connectivity index (χ1) is 16.5. The van der Waals surface area contributed by atoms with Crippen LogP contribution in [0.2, 0.25) is 0 Å². The Hall–Kier alpha value is -4.06. The van der Waals surface area contributed by atoms with Crippen molar-refractivity contribution in [2.75, 3.05) is 17.7 Å². The van der Waals surface area contributed by atoms with Gasteiger partial charge in [0.05, 0.1) is 24.5 Å². The van der Waals surface area contributed by atoms with E-state index in [1.807, 2.05) is 60.7 Å². The molecule has 1 aliphatic heterocycles. The fraction of sp³-hybridized carbons (Fsp3) is 0.214. The van der Waals surface area contributed by atoms with Crippen LogP contribution < -0.4 is 20.1 Å². The van der Waals surface area contributed by atoms with Gasteiger partial charge in [-0.1, -0.05) is 36.4 Å². The van der Waals surface area contributed by atoms with Gasteiger partial charge >= 0.3 is 5.97 Å². The summed E-state index contributed by atoms with van der Waals surface area (Å²) in [5.41, 5.74) is 5.61. The zero-order chi connectivity index (χ0) is 23.7. The lowest BCUT2D eigenvalue weighted by molar-refractivity contribution is -0.131. The number of hydrogen-bond donors (Lipinski definition) is 2. The van der Waals surface area contributed by atoms with Crippen molar-refractivity contribution in [3.05, 3.63) is 95.2 Å². The lowest BCUT2D eigenvalue weighted by atomic mass is 9.78. The van der Waals surface area contributed by atoms with Crippen molar-refractivity contribution in [3.8, 4) is 11.5 Å². The molecule has 0 amide bonds. The highest BCUT2D eigenvalue weighted by molar-refractivity contribution is 6.01. The maximum atomic E-state index is 13.6. The summed E-state index contributed by atoms with van der Waals surface area (Å²) in [4.78, 5) is 24.9.